The van der Waals surface area contributed by atoms with Crippen LogP contribution < -0.4 is 10.1 Å². The van der Waals surface area contributed by atoms with Crippen LogP contribution in [0.25, 0.3) is 0 Å². The Morgan fingerprint density at radius 3 is 2.53 bits per heavy atom. The molecule has 0 radical (unpaired) electrons. The van der Waals surface area contributed by atoms with Crippen LogP contribution in [0.2, 0.25) is 0 Å². The van der Waals surface area contributed by atoms with E-state index in [1.807, 2.05) is 48.0 Å². The van der Waals surface area contributed by atoms with Gasteiger partial charge in [-0.2, -0.15) is 5.10 Å². The molecule has 1 N–H and O–H groups in total. The van der Waals surface area contributed by atoms with Gasteiger partial charge in [-0.05, 0) is 42.3 Å². The number of hydrogen-bond donors (Lipinski definition) is 1. The van der Waals surface area contributed by atoms with Crippen molar-refractivity contribution in [3.8, 4) is 5.75 Å². The van der Waals surface area contributed by atoms with Crippen LogP contribution in [0.3, 0.4) is 0 Å². The minimum Gasteiger partial charge on any atom is -0.486 e. The second-order valence-corrected chi connectivity index (χ2v) is 7.33. The van der Waals surface area contributed by atoms with Crippen LogP contribution >= 0.6 is 0 Å². The molecule has 4 aromatic rings. The van der Waals surface area contributed by atoms with E-state index in [1.165, 1.54) is 6.07 Å². The number of amides is 1. The molecule has 0 bridgehead atoms. The van der Waals surface area contributed by atoms with E-state index in [0.717, 1.165) is 23.4 Å². The van der Waals surface area contributed by atoms with Crippen molar-refractivity contribution in [2.45, 2.75) is 20.1 Å². The maximum atomic E-state index is 13.7. The van der Waals surface area contributed by atoms with Crippen LogP contribution in [-0.4, -0.2) is 15.7 Å². The largest absolute Gasteiger partial charge is 0.486 e. The van der Waals surface area contributed by atoms with E-state index in [0.29, 0.717) is 23.5 Å². The van der Waals surface area contributed by atoms with Crippen molar-refractivity contribution in [1.29, 1.82) is 0 Å². The van der Waals surface area contributed by atoms with E-state index < -0.39 is 11.6 Å². The van der Waals surface area contributed by atoms with E-state index >= 15 is 0 Å². The Labute approximate surface area is 184 Å². The van der Waals surface area contributed by atoms with Crippen molar-refractivity contribution in [3.63, 3.8) is 0 Å². The topological polar surface area (TPSA) is 56.1 Å². The lowest BCUT2D eigenvalue weighted by Gasteiger charge is -2.09. The van der Waals surface area contributed by atoms with Crippen molar-refractivity contribution in [2.75, 3.05) is 5.32 Å². The smallest absolute Gasteiger partial charge is 0.256 e. The number of aryl methyl sites for hydroxylation is 1. The Bertz CT molecular complexity index is 1240. The van der Waals surface area contributed by atoms with Gasteiger partial charge in [-0.1, -0.05) is 42.5 Å². The van der Waals surface area contributed by atoms with Gasteiger partial charge < -0.3 is 10.1 Å². The van der Waals surface area contributed by atoms with Crippen LogP contribution in [0.4, 0.5) is 14.6 Å². The molecular weight excluding hydrogens is 412 g/mol. The molecule has 3 aromatic carbocycles. The number of aromatic nitrogens is 2. The molecule has 0 saturated heterocycles. The molecule has 7 heteroatoms. The third-order valence-electron chi connectivity index (χ3n) is 4.88. The lowest BCUT2D eigenvalue weighted by Crippen LogP contribution is -2.13. The van der Waals surface area contributed by atoms with Gasteiger partial charge in [0.15, 0.2) is 17.4 Å². The second-order valence-electron chi connectivity index (χ2n) is 7.33. The molecule has 162 valence electrons. The molecule has 1 amide bonds. The van der Waals surface area contributed by atoms with Gasteiger partial charge in [0, 0.05) is 23.4 Å². The highest BCUT2D eigenvalue weighted by Gasteiger charge is 2.12. The molecule has 0 atom stereocenters. The Morgan fingerprint density at radius 2 is 1.75 bits per heavy atom. The molecule has 0 saturated carbocycles. The highest BCUT2D eigenvalue weighted by Crippen LogP contribution is 2.20. The summed E-state index contributed by atoms with van der Waals surface area (Å²) in [7, 11) is 0. The van der Waals surface area contributed by atoms with Crippen molar-refractivity contribution in [1.82, 2.24) is 9.78 Å². The minimum absolute atomic E-state index is 0.0362. The Kier molecular flexibility index (Phi) is 6.26. The molecule has 0 fully saturated rings. The summed E-state index contributed by atoms with van der Waals surface area (Å²) >= 11 is 0. The van der Waals surface area contributed by atoms with Gasteiger partial charge in [0.05, 0.1) is 6.54 Å². The van der Waals surface area contributed by atoms with E-state index in [9.17, 15) is 13.6 Å². The van der Waals surface area contributed by atoms with Crippen molar-refractivity contribution >= 4 is 11.7 Å². The fraction of sp³-hybridized carbons (Fsp3) is 0.120. The molecule has 1 aromatic heterocycles. The van der Waals surface area contributed by atoms with Gasteiger partial charge in [0.1, 0.15) is 12.4 Å². The lowest BCUT2D eigenvalue weighted by molar-refractivity contribution is 0.102. The van der Waals surface area contributed by atoms with Gasteiger partial charge >= 0.3 is 0 Å². The molecule has 0 spiro atoms. The summed E-state index contributed by atoms with van der Waals surface area (Å²) in [5.41, 5.74) is 3.13. The quantitative estimate of drug-likeness (QED) is 0.428. The van der Waals surface area contributed by atoms with Gasteiger partial charge in [-0.15, -0.1) is 0 Å². The Hall–Kier alpha value is -4.00. The predicted octanol–water partition coefficient (Wildman–Crippen LogP) is 5.35. The van der Waals surface area contributed by atoms with Gasteiger partial charge in [-0.3, -0.25) is 9.48 Å². The summed E-state index contributed by atoms with van der Waals surface area (Å²) in [6.45, 7) is 2.57. The van der Waals surface area contributed by atoms with Gasteiger partial charge in [0.2, 0.25) is 0 Å². The third-order valence-corrected chi connectivity index (χ3v) is 4.88. The molecule has 0 unspecified atom stereocenters. The lowest BCUT2D eigenvalue weighted by atomic mass is 10.1. The van der Waals surface area contributed by atoms with Crippen LogP contribution in [-0.2, 0) is 13.2 Å². The van der Waals surface area contributed by atoms with Crippen LogP contribution in [0, 0.1) is 18.6 Å². The number of hydrogen-bond acceptors (Lipinski definition) is 3. The average molecular weight is 433 g/mol. The van der Waals surface area contributed by atoms with Crippen LogP contribution in [0.1, 0.15) is 27.2 Å². The summed E-state index contributed by atoms with van der Waals surface area (Å²) in [5.74, 6) is -1.36. The third kappa shape index (κ3) is 5.18. The zero-order chi connectivity index (χ0) is 22.5. The highest BCUT2D eigenvalue weighted by molar-refractivity contribution is 6.03. The summed E-state index contributed by atoms with van der Waals surface area (Å²) < 4.78 is 34.0. The molecule has 0 aliphatic rings. The van der Waals surface area contributed by atoms with E-state index in [-0.39, 0.29) is 18.3 Å². The van der Waals surface area contributed by atoms with Crippen molar-refractivity contribution in [3.05, 3.63) is 113 Å². The number of rotatable bonds is 7. The molecule has 4 rings (SSSR count). The van der Waals surface area contributed by atoms with E-state index in [2.05, 4.69) is 10.4 Å². The minimum atomic E-state index is -0.777. The number of benzene rings is 3. The molecule has 5 nitrogen and oxygen atoms in total. The zero-order valence-corrected chi connectivity index (χ0v) is 17.4. The molecule has 1 heterocycles. The fourth-order valence-electron chi connectivity index (χ4n) is 3.23. The van der Waals surface area contributed by atoms with Crippen LogP contribution in [0.5, 0.6) is 5.75 Å². The number of carbonyl (C=O) groups excluding carboxylic acids is 1. The number of nitrogens with one attached hydrogen (secondary N) is 1. The summed E-state index contributed by atoms with van der Waals surface area (Å²) in [4.78, 5) is 12.7. The number of nitrogens with zero attached hydrogens (tertiary/aromatic N) is 2. The molecule has 32 heavy (non-hydrogen) atoms. The Morgan fingerprint density at radius 1 is 0.969 bits per heavy atom. The van der Waals surface area contributed by atoms with Crippen molar-refractivity contribution < 1.29 is 18.3 Å². The first kappa shape index (κ1) is 21.2. The number of carbonyl (C=O) groups is 1. The number of ether oxygens (including phenoxy) is 1. The molecular formula is C25H21F2N3O2. The normalized spacial score (nSPS) is 10.7. The first-order valence-electron chi connectivity index (χ1n) is 10.0. The fourth-order valence-corrected chi connectivity index (χ4v) is 3.23. The van der Waals surface area contributed by atoms with Crippen LogP contribution in [0.15, 0.2) is 78.9 Å². The average Bonchev–Trinajstić information content (AvgIpc) is 3.12. The maximum Gasteiger partial charge on any atom is 0.256 e. The standard InChI is InChI=1S/C25H21F2N3O2/c1-17-12-24(29-30(17)15-18-6-3-2-4-7-18)28-25(31)20-9-5-8-19(13-20)16-32-23-11-10-21(26)14-22(23)27/h2-14H,15-16H2,1H3,(H,28,29,31). The Balaban J connectivity index is 1.41. The van der Waals surface area contributed by atoms with Gasteiger partial charge in [-0.25, -0.2) is 8.78 Å². The summed E-state index contributed by atoms with van der Waals surface area (Å²) in [6, 6.07) is 21.7. The van der Waals surface area contributed by atoms with Crippen molar-refractivity contribution in [2.24, 2.45) is 0 Å². The van der Waals surface area contributed by atoms with Gasteiger partial charge in [0.25, 0.3) is 5.91 Å². The number of halogens is 2. The number of anilines is 1. The maximum absolute atomic E-state index is 13.7. The first-order chi connectivity index (χ1) is 15.5. The van der Waals surface area contributed by atoms with E-state index in [4.69, 9.17) is 4.74 Å². The summed E-state index contributed by atoms with van der Waals surface area (Å²) in [5, 5.41) is 7.28. The zero-order valence-electron chi connectivity index (χ0n) is 17.4. The molecule has 0 aliphatic carbocycles. The monoisotopic (exact) mass is 433 g/mol. The first-order valence-corrected chi connectivity index (χ1v) is 10.0. The second kappa shape index (κ2) is 9.43. The van der Waals surface area contributed by atoms with E-state index in [1.54, 1.807) is 24.3 Å². The molecule has 0 aliphatic heterocycles. The predicted molar refractivity (Wildman–Crippen MR) is 118 cm³/mol. The summed E-state index contributed by atoms with van der Waals surface area (Å²) in [6.07, 6.45) is 0. The highest BCUT2D eigenvalue weighted by atomic mass is 19.1. The SMILES string of the molecule is Cc1cc(NC(=O)c2cccc(COc3ccc(F)cc3F)c2)nn1Cc1ccccc1.